The van der Waals surface area contributed by atoms with Crippen LogP contribution in [0, 0.1) is 24.6 Å². The van der Waals surface area contributed by atoms with Gasteiger partial charge in [0, 0.05) is 69.0 Å². The first-order valence-electron chi connectivity index (χ1n) is 14.7. The Kier molecular flexibility index (Phi) is 8.63. The number of halogens is 2. The van der Waals surface area contributed by atoms with E-state index in [0.717, 1.165) is 11.3 Å². The molecule has 0 saturated carbocycles. The van der Waals surface area contributed by atoms with E-state index in [4.69, 9.17) is 22.1 Å². The van der Waals surface area contributed by atoms with Gasteiger partial charge in [0.05, 0.1) is 23.8 Å². The van der Waals surface area contributed by atoms with Crippen molar-refractivity contribution >= 4 is 32.9 Å². The highest BCUT2D eigenvalue weighted by molar-refractivity contribution is 7.91. The quantitative estimate of drug-likeness (QED) is 0.240. The summed E-state index contributed by atoms with van der Waals surface area (Å²) in [7, 11) is -1.14. The predicted octanol–water partition coefficient (Wildman–Crippen LogP) is 3.76. The molecule has 238 valence electrons. The number of fused-ring (bicyclic) bond motifs is 1. The summed E-state index contributed by atoms with van der Waals surface area (Å²) in [6.07, 6.45) is 5.36. The van der Waals surface area contributed by atoms with Gasteiger partial charge >= 0.3 is 0 Å². The minimum absolute atomic E-state index is 0.0932. The second-order valence-electron chi connectivity index (χ2n) is 11.9. The molecule has 45 heavy (non-hydrogen) atoms. The number of aromatic nitrogens is 6. The molecule has 0 aliphatic carbocycles. The van der Waals surface area contributed by atoms with Crippen LogP contribution in [0.1, 0.15) is 24.6 Å². The molecular formula is C30H35ClFN9O3S. The largest absolute Gasteiger partial charge is 0.477 e. The first kappa shape index (κ1) is 31.1. The molecule has 2 unspecified atom stereocenters. The molecule has 12 nitrogen and oxygen atoms in total. The number of likely N-dealkylation sites (tertiary alicyclic amines) is 1. The standard InChI is InChI=1S/C30H35ClFN9O3S/c1-17(5-7-44-30-27(18(2)39-40(30)3)29-34-6-4-26(33)38-29)37-24-9-25(31)35-11-22(24)28-23(32)8-19(10-36-28)12-41-13-20-15-45(42,43)16-21(20)14-41/h4,6,8-11,17,20-21H,5,7,12-16H2,1-3H3,(H,35,37)(H2,33,34,38)/t17-,20?,21?/m0/s1. The van der Waals surface area contributed by atoms with E-state index in [2.05, 4.69) is 35.3 Å². The molecule has 0 aromatic carbocycles. The van der Waals surface area contributed by atoms with E-state index in [1.165, 1.54) is 12.3 Å². The van der Waals surface area contributed by atoms with Crippen LogP contribution >= 0.6 is 11.6 Å². The van der Waals surface area contributed by atoms with Crippen molar-refractivity contribution < 1.29 is 17.5 Å². The van der Waals surface area contributed by atoms with Crippen LogP contribution in [0.15, 0.2) is 36.8 Å². The SMILES string of the molecule is Cc1nn(C)c(OCC[C@H](C)Nc2cc(Cl)ncc2-c2ncc(CN3CC4CS(=O)(=O)CC4C3)cc2F)c1-c1nccc(N)n1. The van der Waals surface area contributed by atoms with Crippen LogP contribution in [-0.2, 0) is 23.4 Å². The number of nitrogen functional groups attached to an aromatic ring is 1. The lowest BCUT2D eigenvalue weighted by molar-refractivity contribution is 0.280. The highest BCUT2D eigenvalue weighted by Crippen LogP contribution is 2.35. The number of hydrogen-bond acceptors (Lipinski definition) is 11. The van der Waals surface area contributed by atoms with Crippen LogP contribution in [0.3, 0.4) is 0 Å². The fourth-order valence-electron chi connectivity index (χ4n) is 6.24. The van der Waals surface area contributed by atoms with E-state index in [9.17, 15) is 8.42 Å². The summed E-state index contributed by atoms with van der Waals surface area (Å²) in [5.41, 5.74) is 9.24. The maximum absolute atomic E-state index is 15.5. The second kappa shape index (κ2) is 12.5. The maximum Gasteiger partial charge on any atom is 0.223 e. The molecule has 6 heterocycles. The lowest BCUT2D eigenvalue weighted by Crippen LogP contribution is -2.24. The zero-order valence-electron chi connectivity index (χ0n) is 25.2. The number of nitrogens with two attached hydrogens (primary N) is 1. The van der Waals surface area contributed by atoms with Crippen LogP contribution in [0.5, 0.6) is 5.88 Å². The molecule has 4 aromatic rings. The Hall–Kier alpha value is -3.88. The number of rotatable bonds is 10. The molecule has 0 bridgehead atoms. The first-order chi connectivity index (χ1) is 21.5. The molecule has 0 amide bonds. The maximum atomic E-state index is 15.5. The second-order valence-corrected chi connectivity index (χ2v) is 14.4. The highest BCUT2D eigenvalue weighted by atomic mass is 35.5. The molecule has 3 N–H and O–H groups in total. The zero-order chi connectivity index (χ0) is 31.9. The molecule has 4 aromatic heterocycles. The summed E-state index contributed by atoms with van der Waals surface area (Å²) in [4.78, 5) is 19.5. The normalized spacial score (nSPS) is 19.8. The molecule has 2 aliphatic rings. The number of nitrogens with one attached hydrogen (secondary N) is 1. The summed E-state index contributed by atoms with van der Waals surface area (Å²) < 4.78 is 47.1. The smallest absolute Gasteiger partial charge is 0.223 e. The lowest BCUT2D eigenvalue weighted by Gasteiger charge is -2.19. The van der Waals surface area contributed by atoms with Gasteiger partial charge in [-0.25, -0.2) is 32.4 Å². The Morgan fingerprint density at radius 3 is 2.64 bits per heavy atom. The van der Waals surface area contributed by atoms with Crippen molar-refractivity contribution in [3.63, 3.8) is 0 Å². The third kappa shape index (κ3) is 6.87. The van der Waals surface area contributed by atoms with Crippen molar-refractivity contribution in [3.8, 4) is 28.5 Å². The van der Waals surface area contributed by atoms with Gasteiger partial charge in [0.2, 0.25) is 5.88 Å². The predicted molar refractivity (Wildman–Crippen MR) is 170 cm³/mol. The molecule has 0 radical (unpaired) electrons. The van der Waals surface area contributed by atoms with Crippen LogP contribution in [0.25, 0.3) is 22.6 Å². The van der Waals surface area contributed by atoms with Crippen LogP contribution < -0.4 is 15.8 Å². The van der Waals surface area contributed by atoms with Crippen molar-refractivity contribution in [2.45, 2.75) is 32.9 Å². The van der Waals surface area contributed by atoms with Gasteiger partial charge < -0.3 is 15.8 Å². The Bertz CT molecular complexity index is 1820. The first-order valence-corrected chi connectivity index (χ1v) is 16.9. The van der Waals surface area contributed by atoms with Gasteiger partial charge in [0.15, 0.2) is 15.7 Å². The molecular weight excluding hydrogens is 621 g/mol. The number of sulfone groups is 1. The fourth-order valence-corrected chi connectivity index (χ4v) is 8.60. The van der Waals surface area contributed by atoms with Crippen molar-refractivity contribution in [3.05, 3.63) is 59.0 Å². The van der Waals surface area contributed by atoms with Crippen molar-refractivity contribution in [1.29, 1.82) is 0 Å². The van der Waals surface area contributed by atoms with Crippen LogP contribution in [0.2, 0.25) is 5.15 Å². The van der Waals surface area contributed by atoms with Gasteiger partial charge in [-0.05, 0) is 49.4 Å². The number of hydrogen-bond donors (Lipinski definition) is 2. The highest BCUT2D eigenvalue weighted by Gasteiger charge is 2.43. The summed E-state index contributed by atoms with van der Waals surface area (Å²) in [6, 6.07) is 4.67. The minimum Gasteiger partial charge on any atom is -0.477 e. The summed E-state index contributed by atoms with van der Waals surface area (Å²) in [5, 5.41) is 8.14. The van der Waals surface area contributed by atoms with Gasteiger partial charge in [-0.3, -0.25) is 9.88 Å². The van der Waals surface area contributed by atoms with E-state index < -0.39 is 15.7 Å². The van der Waals surface area contributed by atoms with Gasteiger partial charge in [0.1, 0.15) is 28.0 Å². The Morgan fingerprint density at radius 2 is 1.93 bits per heavy atom. The van der Waals surface area contributed by atoms with E-state index >= 15 is 4.39 Å². The van der Waals surface area contributed by atoms with Gasteiger partial charge in [-0.1, -0.05) is 11.6 Å². The molecule has 2 aliphatic heterocycles. The van der Waals surface area contributed by atoms with Crippen molar-refractivity contribution in [2.24, 2.45) is 18.9 Å². The average Bonchev–Trinajstić information content (AvgIpc) is 3.55. The zero-order valence-corrected chi connectivity index (χ0v) is 26.8. The average molecular weight is 656 g/mol. The van der Waals surface area contributed by atoms with Gasteiger partial charge in [0.25, 0.3) is 0 Å². The number of ether oxygens (including phenoxy) is 1. The number of pyridine rings is 2. The summed E-state index contributed by atoms with van der Waals surface area (Å²) >= 11 is 6.23. The molecule has 3 atom stereocenters. The van der Waals surface area contributed by atoms with Gasteiger partial charge in [-0.2, -0.15) is 5.10 Å². The summed E-state index contributed by atoms with van der Waals surface area (Å²) in [6.45, 7) is 6.10. The summed E-state index contributed by atoms with van der Waals surface area (Å²) in [5.74, 6) is 1.65. The molecule has 15 heteroatoms. The monoisotopic (exact) mass is 655 g/mol. The van der Waals surface area contributed by atoms with Crippen molar-refractivity contribution in [1.82, 2.24) is 34.6 Å². The number of aryl methyl sites for hydroxylation is 2. The van der Waals surface area contributed by atoms with Crippen molar-refractivity contribution in [2.75, 3.05) is 42.3 Å². The van der Waals surface area contributed by atoms with E-state index in [1.807, 2.05) is 13.8 Å². The molecule has 6 rings (SSSR count). The minimum atomic E-state index is -2.93. The third-order valence-electron chi connectivity index (χ3n) is 8.28. The topological polar surface area (TPSA) is 154 Å². The Labute approximate surface area is 266 Å². The van der Waals surface area contributed by atoms with E-state index in [0.29, 0.717) is 67.0 Å². The molecule has 2 fully saturated rings. The Balaban J connectivity index is 1.11. The van der Waals surface area contributed by atoms with E-state index in [1.54, 1.807) is 36.3 Å². The molecule has 0 spiro atoms. The number of nitrogens with zero attached hydrogens (tertiary/aromatic N) is 7. The Morgan fingerprint density at radius 1 is 1.18 bits per heavy atom. The van der Waals surface area contributed by atoms with Crippen LogP contribution in [-0.4, -0.2) is 80.3 Å². The fraction of sp³-hybridized carbons (Fsp3) is 0.433. The lowest BCUT2D eigenvalue weighted by atomic mass is 10.0. The van der Waals surface area contributed by atoms with Crippen LogP contribution in [0.4, 0.5) is 15.9 Å². The molecule has 2 saturated heterocycles. The van der Waals surface area contributed by atoms with Gasteiger partial charge in [-0.15, -0.1) is 0 Å². The number of anilines is 2. The third-order valence-corrected chi connectivity index (χ3v) is 10.4. The van der Waals surface area contributed by atoms with E-state index in [-0.39, 0.29) is 40.2 Å².